The summed E-state index contributed by atoms with van der Waals surface area (Å²) in [6.07, 6.45) is 3.68. The minimum atomic E-state index is 0.869. The molecule has 2 aromatic heterocycles. The van der Waals surface area contributed by atoms with Gasteiger partial charge in [-0.25, -0.2) is 4.98 Å². The van der Waals surface area contributed by atoms with Crippen LogP contribution in [0.4, 0.5) is 5.69 Å². The molecule has 0 amide bonds. The van der Waals surface area contributed by atoms with E-state index in [1.807, 2.05) is 72.9 Å². The van der Waals surface area contributed by atoms with Crippen LogP contribution in [0.25, 0.3) is 33.3 Å². The molecule has 0 radical (unpaired) electrons. The van der Waals surface area contributed by atoms with Gasteiger partial charge in [-0.3, -0.25) is 9.98 Å². The Balaban J connectivity index is 1.40. The second kappa shape index (κ2) is 6.50. The zero-order valence-corrected chi connectivity index (χ0v) is 14.5. The highest BCUT2D eigenvalue weighted by Crippen LogP contribution is 2.23. The molecule has 27 heavy (non-hydrogen) atoms. The summed E-state index contributed by atoms with van der Waals surface area (Å²) in [7, 11) is 0. The lowest BCUT2D eigenvalue weighted by molar-refractivity contribution is 1.33. The fraction of sp³-hybridized carbons (Fsp3) is 0. The third-order valence-electron chi connectivity index (χ3n) is 4.52. The van der Waals surface area contributed by atoms with E-state index in [1.54, 1.807) is 6.20 Å². The molecule has 2 heterocycles. The molecule has 0 aliphatic heterocycles. The Morgan fingerprint density at radius 2 is 1.70 bits per heavy atom. The van der Waals surface area contributed by atoms with E-state index in [0.717, 1.165) is 44.6 Å². The first kappa shape index (κ1) is 15.5. The van der Waals surface area contributed by atoms with Crippen LogP contribution in [0.2, 0.25) is 0 Å². The van der Waals surface area contributed by atoms with Crippen molar-refractivity contribution in [2.24, 2.45) is 4.99 Å². The minimum absolute atomic E-state index is 0.869. The largest absolute Gasteiger partial charge is 0.338 e. The normalized spacial score (nSPS) is 11.6. The quantitative estimate of drug-likeness (QED) is 0.436. The molecule has 1 N–H and O–H groups in total. The van der Waals surface area contributed by atoms with Crippen molar-refractivity contribution in [3.8, 4) is 11.4 Å². The highest BCUT2D eigenvalue weighted by molar-refractivity contribution is 5.89. The molecule has 0 bridgehead atoms. The van der Waals surface area contributed by atoms with Crippen LogP contribution in [-0.2, 0) is 0 Å². The average molecular weight is 348 g/mol. The Labute approximate surface area is 156 Å². The summed E-state index contributed by atoms with van der Waals surface area (Å²) in [5.74, 6) is 0.869. The number of aromatic amines is 1. The molecule has 4 nitrogen and oxygen atoms in total. The summed E-state index contributed by atoms with van der Waals surface area (Å²) in [6.45, 7) is 0. The number of hydrogen-bond acceptors (Lipinski definition) is 3. The number of fused-ring (bicyclic) bond motifs is 2. The first-order valence-electron chi connectivity index (χ1n) is 8.79. The van der Waals surface area contributed by atoms with Crippen LogP contribution in [0, 0.1) is 0 Å². The zero-order valence-electron chi connectivity index (χ0n) is 14.5. The summed E-state index contributed by atoms with van der Waals surface area (Å²) < 4.78 is 0. The van der Waals surface area contributed by atoms with Gasteiger partial charge in [-0.1, -0.05) is 24.3 Å². The first-order valence-corrected chi connectivity index (χ1v) is 8.79. The van der Waals surface area contributed by atoms with Gasteiger partial charge in [-0.15, -0.1) is 0 Å². The van der Waals surface area contributed by atoms with Crippen molar-refractivity contribution in [2.45, 2.75) is 0 Å². The second-order valence-electron chi connectivity index (χ2n) is 6.36. The van der Waals surface area contributed by atoms with Gasteiger partial charge in [-0.05, 0) is 60.2 Å². The molecule has 4 heteroatoms. The standard InChI is InChI=1S/C23H16N4/c1-2-6-22-21(5-1)26-23(27-22)17-8-10-19(11-9-17)25-15-16-7-12-20-18(14-16)4-3-13-24-20/h1-15H,(H,26,27). The fourth-order valence-corrected chi connectivity index (χ4v) is 3.12. The maximum Gasteiger partial charge on any atom is 0.138 e. The predicted octanol–water partition coefficient (Wildman–Crippen LogP) is 5.53. The van der Waals surface area contributed by atoms with E-state index in [9.17, 15) is 0 Å². The van der Waals surface area contributed by atoms with Crippen LogP contribution >= 0.6 is 0 Å². The molecule has 5 rings (SSSR count). The lowest BCUT2D eigenvalue weighted by Gasteiger charge is -2.00. The minimum Gasteiger partial charge on any atom is -0.338 e. The Kier molecular flexibility index (Phi) is 3.72. The molecule has 0 aliphatic carbocycles. The first-order chi connectivity index (χ1) is 13.3. The monoisotopic (exact) mass is 348 g/mol. The van der Waals surface area contributed by atoms with Crippen molar-refractivity contribution in [3.05, 3.63) is 90.6 Å². The number of imidazole rings is 1. The van der Waals surface area contributed by atoms with Crippen LogP contribution in [0.1, 0.15) is 5.56 Å². The van der Waals surface area contributed by atoms with Gasteiger partial charge in [0.25, 0.3) is 0 Å². The number of hydrogen-bond donors (Lipinski definition) is 1. The van der Waals surface area contributed by atoms with Crippen molar-refractivity contribution in [1.29, 1.82) is 0 Å². The Morgan fingerprint density at radius 3 is 2.59 bits per heavy atom. The molecule has 0 unspecified atom stereocenters. The SMILES string of the molecule is C(=Nc1ccc(-c2nc3ccccc3[nH]2)cc1)c1ccc2ncccc2c1. The molecular weight excluding hydrogens is 332 g/mol. The van der Waals surface area contributed by atoms with Gasteiger partial charge in [0.05, 0.1) is 22.2 Å². The van der Waals surface area contributed by atoms with E-state index in [4.69, 9.17) is 0 Å². The molecule has 0 saturated heterocycles. The number of aliphatic imine (C=N–C) groups is 1. The lowest BCUT2D eigenvalue weighted by atomic mass is 10.1. The highest BCUT2D eigenvalue weighted by atomic mass is 14.9. The lowest BCUT2D eigenvalue weighted by Crippen LogP contribution is -1.83. The highest BCUT2D eigenvalue weighted by Gasteiger charge is 2.04. The van der Waals surface area contributed by atoms with Gasteiger partial charge in [0.15, 0.2) is 0 Å². The van der Waals surface area contributed by atoms with Gasteiger partial charge in [-0.2, -0.15) is 0 Å². The average Bonchev–Trinajstić information content (AvgIpc) is 3.17. The van der Waals surface area contributed by atoms with E-state index in [1.165, 1.54) is 0 Å². The van der Waals surface area contributed by atoms with Crippen molar-refractivity contribution in [3.63, 3.8) is 0 Å². The molecule has 3 aromatic carbocycles. The zero-order chi connectivity index (χ0) is 18.1. The molecule has 5 aromatic rings. The fourth-order valence-electron chi connectivity index (χ4n) is 3.12. The van der Waals surface area contributed by atoms with Crippen LogP contribution in [0.3, 0.4) is 0 Å². The van der Waals surface area contributed by atoms with E-state index in [2.05, 4.69) is 32.1 Å². The summed E-state index contributed by atoms with van der Waals surface area (Å²) >= 11 is 0. The van der Waals surface area contributed by atoms with E-state index < -0.39 is 0 Å². The van der Waals surface area contributed by atoms with Crippen molar-refractivity contribution in [1.82, 2.24) is 15.0 Å². The summed E-state index contributed by atoms with van der Waals surface area (Å²) in [5, 5.41) is 1.11. The van der Waals surface area contributed by atoms with E-state index in [-0.39, 0.29) is 0 Å². The van der Waals surface area contributed by atoms with E-state index in [0.29, 0.717) is 0 Å². The molecule has 0 saturated carbocycles. The van der Waals surface area contributed by atoms with Crippen molar-refractivity contribution < 1.29 is 0 Å². The molecular formula is C23H16N4. The van der Waals surface area contributed by atoms with Gasteiger partial charge < -0.3 is 4.98 Å². The topological polar surface area (TPSA) is 53.9 Å². The molecule has 0 spiro atoms. The Bertz CT molecular complexity index is 1230. The van der Waals surface area contributed by atoms with Gasteiger partial charge in [0.1, 0.15) is 5.82 Å². The van der Waals surface area contributed by atoms with Gasteiger partial charge >= 0.3 is 0 Å². The van der Waals surface area contributed by atoms with Crippen molar-refractivity contribution >= 4 is 33.8 Å². The third-order valence-corrected chi connectivity index (χ3v) is 4.52. The number of nitrogens with one attached hydrogen (secondary N) is 1. The number of rotatable bonds is 3. The maximum absolute atomic E-state index is 4.64. The molecule has 128 valence electrons. The molecule has 0 fully saturated rings. The number of benzene rings is 3. The predicted molar refractivity (Wildman–Crippen MR) is 111 cm³/mol. The Morgan fingerprint density at radius 1 is 0.815 bits per heavy atom. The molecule has 0 aliphatic rings. The summed E-state index contributed by atoms with van der Waals surface area (Å²) in [4.78, 5) is 16.9. The van der Waals surface area contributed by atoms with E-state index >= 15 is 0 Å². The number of para-hydroxylation sites is 2. The summed E-state index contributed by atoms with van der Waals surface area (Å²) in [5.41, 5.74) is 6.01. The Hall–Kier alpha value is -3.79. The summed E-state index contributed by atoms with van der Waals surface area (Å²) in [6, 6.07) is 26.3. The van der Waals surface area contributed by atoms with Crippen molar-refractivity contribution in [2.75, 3.05) is 0 Å². The number of H-pyrrole nitrogens is 1. The van der Waals surface area contributed by atoms with Crippen LogP contribution in [0.5, 0.6) is 0 Å². The van der Waals surface area contributed by atoms with Crippen LogP contribution < -0.4 is 0 Å². The van der Waals surface area contributed by atoms with Crippen LogP contribution in [0.15, 0.2) is 90.1 Å². The van der Waals surface area contributed by atoms with Gasteiger partial charge in [0, 0.05) is 23.4 Å². The maximum atomic E-state index is 4.64. The molecule has 0 atom stereocenters. The van der Waals surface area contributed by atoms with Crippen LogP contribution in [-0.4, -0.2) is 21.2 Å². The smallest absolute Gasteiger partial charge is 0.138 e. The second-order valence-corrected chi connectivity index (χ2v) is 6.36. The van der Waals surface area contributed by atoms with Gasteiger partial charge in [0.2, 0.25) is 0 Å². The number of pyridine rings is 1. The third kappa shape index (κ3) is 3.09. The number of aromatic nitrogens is 3. The number of nitrogens with zero attached hydrogens (tertiary/aromatic N) is 3.